The molecule has 0 aromatic carbocycles. The number of morpholine rings is 1. The fraction of sp³-hybridized carbons (Fsp3) is 0.522. The average Bonchev–Trinajstić information content (AvgIpc) is 3.12. The Kier molecular flexibility index (Phi) is 7.76. The highest BCUT2D eigenvalue weighted by molar-refractivity contribution is 5.73. The van der Waals surface area contributed by atoms with Crippen molar-refractivity contribution in [1.82, 2.24) is 19.4 Å². The molecule has 4 heterocycles. The molecule has 0 spiro atoms. The Balaban J connectivity index is 0.00000124. The largest absolute Gasteiger partial charge is 0.378 e. The Bertz CT molecular complexity index is 931. The van der Waals surface area contributed by atoms with Gasteiger partial charge in [0.15, 0.2) is 11.5 Å². The van der Waals surface area contributed by atoms with Crippen LogP contribution in [0.5, 0.6) is 0 Å². The zero-order chi connectivity index (χ0) is 21.5. The maximum atomic E-state index is 5.62. The molecule has 1 aliphatic rings. The summed E-state index contributed by atoms with van der Waals surface area (Å²) >= 11 is 0. The van der Waals surface area contributed by atoms with Crippen LogP contribution >= 0.6 is 0 Å². The van der Waals surface area contributed by atoms with Crippen LogP contribution in [0.3, 0.4) is 0 Å². The van der Waals surface area contributed by atoms with E-state index in [1.165, 1.54) is 0 Å². The Morgan fingerprint density at radius 1 is 1.13 bits per heavy atom. The summed E-state index contributed by atoms with van der Waals surface area (Å²) < 4.78 is 13.2. The summed E-state index contributed by atoms with van der Waals surface area (Å²) in [6, 6.07) is 4.19. The number of pyridine rings is 1. The number of ether oxygens (including phenoxy) is 2. The Labute approximate surface area is 179 Å². The molecule has 30 heavy (non-hydrogen) atoms. The number of nitrogens with zero attached hydrogens (tertiary/aromatic N) is 5. The minimum Gasteiger partial charge on any atom is -0.378 e. The van der Waals surface area contributed by atoms with E-state index in [1.54, 1.807) is 0 Å². The fourth-order valence-corrected chi connectivity index (χ4v) is 3.53. The standard InChI is InChI=1S/C21H27N5O2.C2H6/c1-15(2)28-11-6-18-5-4-17(14-23-18)19-16(3)24-21-20(22-7-8-26(19)21)25-9-12-27-13-10-25;1-2/h4-5,7-8,14-15H,6,9-13H2,1-3H3;1-2H3. The van der Waals surface area contributed by atoms with Gasteiger partial charge in [0.1, 0.15) is 0 Å². The van der Waals surface area contributed by atoms with Gasteiger partial charge in [0.05, 0.1) is 37.3 Å². The number of imidazole rings is 1. The highest BCUT2D eigenvalue weighted by atomic mass is 16.5. The first-order valence-electron chi connectivity index (χ1n) is 10.9. The molecule has 1 saturated heterocycles. The lowest BCUT2D eigenvalue weighted by Gasteiger charge is -2.27. The van der Waals surface area contributed by atoms with E-state index in [2.05, 4.69) is 31.4 Å². The molecule has 0 saturated carbocycles. The van der Waals surface area contributed by atoms with Crippen molar-refractivity contribution < 1.29 is 9.47 Å². The zero-order valence-corrected chi connectivity index (χ0v) is 18.8. The van der Waals surface area contributed by atoms with Gasteiger partial charge in [-0.3, -0.25) is 9.38 Å². The molecule has 4 rings (SSSR count). The molecule has 7 nitrogen and oxygen atoms in total. The molecule has 1 aliphatic heterocycles. The molecule has 0 unspecified atom stereocenters. The van der Waals surface area contributed by atoms with E-state index in [4.69, 9.17) is 14.5 Å². The highest BCUT2D eigenvalue weighted by Gasteiger charge is 2.20. The van der Waals surface area contributed by atoms with E-state index in [0.29, 0.717) is 6.61 Å². The first kappa shape index (κ1) is 22.2. The molecule has 0 amide bonds. The summed E-state index contributed by atoms with van der Waals surface area (Å²) in [5.74, 6) is 0.913. The van der Waals surface area contributed by atoms with Crippen molar-refractivity contribution in [2.75, 3.05) is 37.8 Å². The van der Waals surface area contributed by atoms with E-state index in [-0.39, 0.29) is 6.10 Å². The van der Waals surface area contributed by atoms with Crippen LogP contribution in [0.25, 0.3) is 16.9 Å². The molecule has 3 aromatic heterocycles. The topological polar surface area (TPSA) is 64.8 Å². The van der Waals surface area contributed by atoms with Crippen LogP contribution < -0.4 is 4.90 Å². The van der Waals surface area contributed by atoms with Crippen molar-refractivity contribution in [2.24, 2.45) is 0 Å². The maximum absolute atomic E-state index is 5.62. The summed E-state index contributed by atoms with van der Waals surface area (Å²) in [4.78, 5) is 16.3. The van der Waals surface area contributed by atoms with Crippen LogP contribution in [0.1, 0.15) is 39.1 Å². The number of fused-ring (bicyclic) bond motifs is 1. The van der Waals surface area contributed by atoms with Gasteiger partial charge in [-0.05, 0) is 32.9 Å². The lowest BCUT2D eigenvalue weighted by Crippen LogP contribution is -2.37. The lowest BCUT2D eigenvalue weighted by atomic mass is 10.1. The minimum absolute atomic E-state index is 0.245. The minimum atomic E-state index is 0.245. The molecule has 0 bridgehead atoms. The SMILES string of the molecule is CC.Cc1nc2c(N3CCOCC3)nccn2c1-c1ccc(CCOC(C)C)nc1. The molecule has 1 fully saturated rings. The Hall–Kier alpha value is -2.51. The average molecular weight is 412 g/mol. The summed E-state index contributed by atoms with van der Waals surface area (Å²) in [5.41, 5.74) is 5.00. The summed E-state index contributed by atoms with van der Waals surface area (Å²) in [5, 5.41) is 0. The van der Waals surface area contributed by atoms with Crippen LogP contribution in [-0.2, 0) is 15.9 Å². The van der Waals surface area contributed by atoms with Gasteiger partial charge in [0.2, 0.25) is 0 Å². The molecular formula is C23H33N5O2. The third kappa shape index (κ3) is 4.96. The molecule has 0 aliphatic carbocycles. The summed E-state index contributed by atoms with van der Waals surface area (Å²) in [6.07, 6.45) is 6.80. The quantitative estimate of drug-likeness (QED) is 0.612. The van der Waals surface area contributed by atoms with E-state index in [9.17, 15) is 0 Å². The van der Waals surface area contributed by atoms with Gasteiger partial charge in [0.25, 0.3) is 0 Å². The van der Waals surface area contributed by atoms with Crippen molar-refractivity contribution in [1.29, 1.82) is 0 Å². The number of aryl methyl sites for hydroxylation is 1. The summed E-state index contributed by atoms with van der Waals surface area (Å²) in [6.45, 7) is 13.9. The van der Waals surface area contributed by atoms with Crippen LogP contribution in [0.2, 0.25) is 0 Å². The third-order valence-corrected chi connectivity index (χ3v) is 4.92. The van der Waals surface area contributed by atoms with Gasteiger partial charge in [-0.1, -0.05) is 13.8 Å². The second-order valence-electron chi connectivity index (χ2n) is 7.30. The molecule has 0 N–H and O–H groups in total. The molecule has 162 valence electrons. The third-order valence-electron chi connectivity index (χ3n) is 4.92. The first-order valence-corrected chi connectivity index (χ1v) is 10.9. The van der Waals surface area contributed by atoms with E-state index >= 15 is 0 Å². The van der Waals surface area contributed by atoms with Gasteiger partial charge in [-0.15, -0.1) is 0 Å². The maximum Gasteiger partial charge on any atom is 0.181 e. The van der Waals surface area contributed by atoms with Crippen molar-refractivity contribution in [3.05, 3.63) is 42.1 Å². The fourth-order valence-electron chi connectivity index (χ4n) is 3.53. The van der Waals surface area contributed by atoms with E-state index < -0.39 is 0 Å². The first-order chi connectivity index (χ1) is 14.6. The molecule has 3 aromatic rings. The predicted molar refractivity (Wildman–Crippen MR) is 120 cm³/mol. The smallest absolute Gasteiger partial charge is 0.181 e. The van der Waals surface area contributed by atoms with Crippen LogP contribution in [-0.4, -0.2) is 58.4 Å². The number of hydrogen-bond donors (Lipinski definition) is 0. The van der Waals surface area contributed by atoms with Gasteiger partial charge in [0, 0.05) is 49.4 Å². The predicted octanol–water partition coefficient (Wildman–Crippen LogP) is 3.93. The van der Waals surface area contributed by atoms with E-state index in [0.717, 1.165) is 66.8 Å². The molecule has 0 radical (unpaired) electrons. The van der Waals surface area contributed by atoms with Crippen LogP contribution in [0.15, 0.2) is 30.7 Å². The molecule has 0 atom stereocenters. The number of hydrogen-bond acceptors (Lipinski definition) is 6. The second-order valence-corrected chi connectivity index (χ2v) is 7.30. The molecular weight excluding hydrogens is 378 g/mol. The van der Waals surface area contributed by atoms with Gasteiger partial charge >= 0.3 is 0 Å². The monoisotopic (exact) mass is 411 g/mol. The van der Waals surface area contributed by atoms with Gasteiger partial charge in [-0.25, -0.2) is 9.97 Å². The van der Waals surface area contributed by atoms with Crippen molar-refractivity contribution >= 4 is 11.5 Å². The van der Waals surface area contributed by atoms with E-state index in [1.807, 2.05) is 53.2 Å². The molecule has 7 heteroatoms. The van der Waals surface area contributed by atoms with Crippen molar-refractivity contribution in [3.63, 3.8) is 0 Å². The van der Waals surface area contributed by atoms with Crippen molar-refractivity contribution in [2.45, 2.75) is 47.1 Å². The van der Waals surface area contributed by atoms with Crippen LogP contribution in [0.4, 0.5) is 5.82 Å². The van der Waals surface area contributed by atoms with Crippen molar-refractivity contribution in [3.8, 4) is 11.3 Å². The Morgan fingerprint density at radius 3 is 2.57 bits per heavy atom. The number of rotatable bonds is 6. The normalized spacial score (nSPS) is 14.1. The van der Waals surface area contributed by atoms with Gasteiger partial charge < -0.3 is 14.4 Å². The van der Waals surface area contributed by atoms with Crippen LogP contribution in [0, 0.1) is 6.92 Å². The number of anilines is 1. The second kappa shape index (κ2) is 10.5. The van der Waals surface area contributed by atoms with Gasteiger partial charge in [-0.2, -0.15) is 0 Å². The number of aromatic nitrogens is 4. The zero-order valence-electron chi connectivity index (χ0n) is 18.8. The lowest BCUT2D eigenvalue weighted by molar-refractivity contribution is 0.0809. The summed E-state index contributed by atoms with van der Waals surface area (Å²) in [7, 11) is 0. The Morgan fingerprint density at radius 2 is 1.90 bits per heavy atom. The highest BCUT2D eigenvalue weighted by Crippen LogP contribution is 2.28.